The summed E-state index contributed by atoms with van der Waals surface area (Å²) >= 11 is 0. The number of rotatable bonds is 6. The molecule has 1 amide bonds. The molecule has 1 atom stereocenters. The van der Waals surface area contributed by atoms with Gasteiger partial charge < -0.3 is 14.8 Å². The van der Waals surface area contributed by atoms with Gasteiger partial charge in [-0.25, -0.2) is 4.98 Å². The van der Waals surface area contributed by atoms with Gasteiger partial charge in [-0.05, 0) is 31.7 Å². The molecule has 0 aliphatic heterocycles. The number of hydrogen-bond acceptors (Lipinski definition) is 6. The average molecular weight is 403 g/mol. The van der Waals surface area contributed by atoms with Crippen molar-refractivity contribution in [2.24, 2.45) is 0 Å². The summed E-state index contributed by atoms with van der Waals surface area (Å²) in [7, 11) is 1.81. The number of benzene rings is 2. The number of aromatic amines is 1. The molecule has 0 unspecified atom stereocenters. The molecule has 0 bridgehead atoms. The summed E-state index contributed by atoms with van der Waals surface area (Å²) in [6.45, 7) is 2.02. The SMILES string of the molecule is Cc1cc(NC(=O)[C@H](c2ccccc2)N(C)Cc2nc3ccccc3c(=O)[nH]2)no1. The molecule has 2 aromatic carbocycles. The largest absolute Gasteiger partial charge is 0.360 e. The first-order valence-electron chi connectivity index (χ1n) is 9.48. The summed E-state index contributed by atoms with van der Waals surface area (Å²) in [6.07, 6.45) is 0. The van der Waals surface area contributed by atoms with Crippen molar-refractivity contribution in [3.05, 3.63) is 88.2 Å². The molecule has 0 fully saturated rings. The second-order valence-corrected chi connectivity index (χ2v) is 7.07. The van der Waals surface area contributed by atoms with E-state index in [-0.39, 0.29) is 18.0 Å². The van der Waals surface area contributed by atoms with Gasteiger partial charge in [0.25, 0.3) is 5.56 Å². The van der Waals surface area contributed by atoms with Gasteiger partial charge in [0.2, 0.25) is 5.91 Å². The van der Waals surface area contributed by atoms with E-state index in [1.54, 1.807) is 38.2 Å². The molecule has 0 radical (unpaired) electrons. The lowest BCUT2D eigenvalue weighted by atomic mass is 10.0. The number of nitrogens with zero attached hydrogens (tertiary/aromatic N) is 3. The van der Waals surface area contributed by atoms with Crippen LogP contribution in [0, 0.1) is 6.92 Å². The molecule has 2 aromatic heterocycles. The minimum atomic E-state index is -0.625. The molecule has 4 aromatic rings. The Kier molecular flexibility index (Phi) is 5.40. The summed E-state index contributed by atoms with van der Waals surface area (Å²) in [5.74, 6) is 1.17. The number of likely N-dealkylation sites (N-methyl/N-ethyl adjacent to an activating group) is 1. The Balaban J connectivity index is 1.63. The zero-order valence-corrected chi connectivity index (χ0v) is 16.6. The lowest BCUT2D eigenvalue weighted by Crippen LogP contribution is -2.35. The third-order valence-corrected chi connectivity index (χ3v) is 4.74. The van der Waals surface area contributed by atoms with Gasteiger partial charge in [0.15, 0.2) is 5.82 Å². The number of fused-ring (bicyclic) bond motifs is 1. The highest BCUT2D eigenvalue weighted by Gasteiger charge is 2.26. The number of para-hydroxylation sites is 1. The van der Waals surface area contributed by atoms with E-state index in [2.05, 4.69) is 20.4 Å². The normalized spacial score (nSPS) is 12.2. The first kappa shape index (κ1) is 19.5. The van der Waals surface area contributed by atoms with Crippen LogP contribution in [-0.2, 0) is 11.3 Å². The molecule has 2 N–H and O–H groups in total. The average Bonchev–Trinajstić information content (AvgIpc) is 3.13. The molecule has 152 valence electrons. The Hall–Kier alpha value is -3.78. The maximum atomic E-state index is 13.1. The highest BCUT2D eigenvalue weighted by atomic mass is 16.5. The summed E-state index contributed by atoms with van der Waals surface area (Å²) < 4.78 is 5.03. The first-order chi connectivity index (χ1) is 14.5. The lowest BCUT2D eigenvalue weighted by Gasteiger charge is -2.26. The Labute approximate surface area is 172 Å². The molecule has 0 spiro atoms. The summed E-state index contributed by atoms with van der Waals surface area (Å²) in [5.41, 5.74) is 1.21. The van der Waals surface area contributed by atoms with Crippen molar-refractivity contribution in [2.45, 2.75) is 19.5 Å². The van der Waals surface area contributed by atoms with Crippen LogP contribution in [0.3, 0.4) is 0 Å². The highest BCUT2D eigenvalue weighted by Crippen LogP contribution is 2.23. The molecule has 8 nitrogen and oxygen atoms in total. The van der Waals surface area contributed by atoms with E-state index in [0.29, 0.717) is 28.3 Å². The maximum Gasteiger partial charge on any atom is 0.258 e. The van der Waals surface area contributed by atoms with Crippen LogP contribution in [0.2, 0.25) is 0 Å². The van der Waals surface area contributed by atoms with E-state index in [1.165, 1.54) is 0 Å². The minimum Gasteiger partial charge on any atom is -0.360 e. The minimum absolute atomic E-state index is 0.206. The molecule has 30 heavy (non-hydrogen) atoms. The molecule has 4 rings (SSSR count). The third-order valence-electron chi connectivity index (χ3n) is 4.74. The van der Waals surface area contributed by atoms with Crippen LogP contribution in [0.25, 0.3) is 10.9 Å². The summed E-state index contributed by atoms with van der Waals surface area (Å²) in [6, 6.07) is 17.6. The molecule has 0 aliphatic rings. The van der Waals surface area contributed by atoms with Crippen LogP contribution < -0.4 is 10.9 Å². The zero-order chi connectivity index (χ0) is 21.1. The molecule has 8 heteroatoms. The number of nitrogens with one attached hydrogen (secondary N) is 2. The lowest BCUT2D eigenvalue weighted by molar-refractivity contribution is -0.121. The molecular formula is C22H21N5O3. The van der Waals surface area contributed by atoms with Crippen molar-refractivity contribution in [3.63, 3.8) is 0 Å². The number of carbonyl (C=O) groups excluding carboxylic acids is 1. The van der Waals surface area contributed by atoms with Gasteiger partial charge in [0.05, 0.1) is 17.4 Å². The second kappa shape index (κ2) is 8.30. The monoisotopic (exact) mass is 403 g/mol. The van der Waals surface area contributed by atoms with Gasteiger partial charge in [-0.3, -0.25) is 14.5 Å². The number of carbonyl (C=O) groups is 1. The Bertz CT molecular complexity index is 1230. The first-order valence-corrected chi connectivity index (χ1v) is 9.48. The van der Waals surface area contributed by atoms with Crippen molar-refractivity contribution >= 4 is 22.6 Å². The fourth-order valence-electron chi connectivity index (χ4n) is 3.40. The van der Waals surface area contributed by atoms with Gasteiger partial charge in [0, 0.05) is 6.07 Å². The topological polar surface area (TPSA) is 104 Å². The predicted molar refractivity (Wildman–Crippen MR) is 113 cm³/mol. The van der Waals surface area contributed by atoms with Crippen LogP contribution in [-0.4, -0.2) is 33.0 Å². The van der Waals surface area contributed by atoms with Crippen LogP contribution in [0.15, 0.2) is 70.0 Å². The molecular weight excluding hydrogens is 382 g/mol. The molecule has 0 saturated carbocycles. The van der Waals surface area contributed by atoms with Crippen molar-refractivity contribution in [3.8, 4) is 0 Å². The highest BCUT2D eigenvalue weighted by molar-refractivity contribution is 5.94. The van der Waals surface area contributed by atoms with E-state index >= 15 is 0 Å². The zero-order valence-electron chi connectivity index (χ0n) is 16.6. The molecule has 2 heterocycles. The predicted octanol–water partition coefficient (Wildman–Crippen LogP) is 3.03. The quantitative estimate of drug-likeness (QED) is 0.513. The van der Waals surface area contributed by atoms with E-state index in [4.69, 9.17) is 4.52 Å². The van der Waals surface area contributed by atoms with E-state index < -0.39 is 6.04 Å². The second-order valence-electron chi connectivity index (χ2n) is 7.07. The van der Waals surface area contributed by atoms with Gasteiger partial charge in [0.1, 0.15) is 17.6 Å². The van der Waals surface area contributed by atoms with Crippen molar-refractivity contribution in [1.29, 1.82) is 0 Å². The molecule has 0 aliphatic carbocycles. The van der Waals surface area contributed by atoms with Crippen molar-refractivity contribution < 1.29 is 9.32 Å². The van der Waals surface area contributed by atoms with Gasteiger partial charge in [-0.15, -0.1) is 0 Å². The van der Waals surface area contributed by atoms with Gasteiger partial charge in [-0.1, -0.05) is 47.6 Å². The van der Waals surface area contributed by atoms with Crippen molar-refractivity contribution in [2.75, 3.05) is 12.4 Å². The van der Waals surface area contributed by atoms with Gasteiger partial charge in [-0.2, -0.15) is 0 Å². The van der Waals surface area contributed by atoms with E-state index in [0.717, 1.165) is 5.56 Å². The number of H-pyrrole nitrogens is 1. The van der Waals surface area contributed by atoms with Crippen LogP contribution in [0.4, 0.5) is 5.82 Å². The fraction of sp³-hybridized carbons (Fsp3) is 0.182. The summed E-state index contributed by atoms with van der Waals surface area (Å²) in [5, 5.41) is 7.16. The van der Waals surface area contributed by atoms with Crippen molar-refractivity contribution in [1.82, 2.24) is 20.0 Å². The van der Waals surface area contributed by atoms with Crippen LogP contribution >= 0.6 is 0 Å². The van der Waals surface area contributed by atoms with E-state index in [1.807, 2.05) is 41.3 Å². The Morgan fingerprint density at radius 1 is 1.17 bits per heavy atom. The van der Waals surface area contributed by atoms with Crippen LogP contribution in [0.5, 0.6) is 0 Å². The summed E-state index contributed by atoms with van der Waals surface area (Å²) in [4.78, 5) is 34.7. The van der Waals surface area contributed by atoms with Crippen LogP contribution in [0.1, 0.15) is 23.2 Å². The number of hydrogen-bond donors (Lipinski definition) is 2. The Morgan fingerprint density at radius 3 is 2.63 bits per heavy atom. The smallest absolute Gasteiger partial charge is 0.258 e. The third kappa shape index (κ3) is 4.13. The standard InChI is InChI=1S/C22H21N5O3/c1-14-12-18(26-30-14)24-22(29)20(15-8-4-3-5-9-15)27(2)13-19-23-17-11-7-6-10-16(17)21(28)25-19/h3-12,20H,13H2,1-2H3,(H,23,25,28)(H,24,26,29)/t20-/m0/s1. The number of anilines is 1. The molecule has 0 saturated heterocycles. The number of amides is 1. The van der Waals surface area contributed by atoms with Gasteiger partial charge >= 0.3 is 0 Å². The number of aryl methyl sites for hydroxylation is 1. The fourth-order valence-corrected chi connectivity index (χ4v) is 3.40. The van der Waals surface area contributed by atoms with E-state index in [9.17, 15) is 9.59 Å². The maximum absolute atomic E-state index is 13.1. The number of aromatic nitrogens is 3. The Morgan fingerprint density at radius 2 is 1.90 bits per heavy atom.